The first-order valence-electron chi connectivity index (χ1n) is 7.41. The quantitative estimate of drug-likeness (QED) is 0.814. The number of hydrogen-bond donors (Lipinski definition) is 1. The summed E-state index contributed by atoms with van der Waals surface area (Å²) in [5, 5.41) is 7.47. The number of aromatic amines is 1. The molecule has 1 saturated carbocycles. The molecule has 1 heterocycles. The van der Waals surface area contributed by atoms with E-state index in [-0.39, 0.29) is 0 Å². The maximum Gasteiger partial charge on any atom is 0.195 e. The van der Waals surface area contributed by atoms with E-state index in [1.807, 2.05) is 0 Å². The van der Waals surface area contributed by atoms with Gasteiger partial charge in [-0.05, 0) is 44.0 Å². The van der Waals surface area contributed by atoms with Crippen LogP contribution < -0.4 is 0 Å². The van der Waals surface area contributed by atoms with Crippen LogP contribution >= 0.6 is 12.2 Å². The standard InChI is InChI=1S/C16H21N3S/c1-11-6-5-8-13(10-11)15-17-18-16(20)19(15)14-9-4-3-7-12(14)2/h5-6,8,10,12,14H,3-4,7,9H2,1-2H3,(H,18,20). The van der Waals surface area contributed by atoms with Gasteiger partial charge in [0, 0.05) is 11.6 Å². The minimum atomic E-state index is 0.477. The average molecular weight is 287 g/mol. The number of rotatable bonds is 2. The molecular formula is C16H21N3S. The van der Waals surface area contributed by atoms with Crippen molar-refractivity contribution in [3.63, 3.8) is 0 Å². The Kier molecular flexibility index (Phi) is 3.74. The van der Waals surface area contributed by atoms with E-state index in [1.54, 1.807) is 0 Å². The minimum absolute atomic E-state index is 0.477. The number of H-pyrrole nitrogens is 1. The molecular weight excluding hydrogens is 266 g/mol. The van der Waals surface area contributed by atoms with Gasteiger partial charge in [-0.3, -0.25) is 9.67 Å². The summed E-state index contributed by atoms with van der Waals surface area (Å²) in [6.45, 7) is 4.44. The van der Waals surface area contributed by atoms with Crippen LogP contribution in [-0.2, 0) is 0 Å². The molecule has 1 fully saturated rings. The van der Waals surface area contributed by atoms with Crippen molar-refractivity contribution in [2.45, 2.75) is 45.6 Å². The Morgan fingerprint density at radius 3 is 2.85 bits per heavy atom. The molecule has 0 spiro atoms. The summed E-state index contributed by atoms with van der Waals surface area (Å²) >= 11 is 5.48. The van der Waals surface area contributed by atoms with Gasteiger partial charge in [-0.15, -0.1) is 0 Å². The third-order valence-electron chi connectivity index (χ3n) is 4.38. The molecule has 0 radical (unpaired) electrons. The van der Waals surface area contributed by atoms with Crippen molar-refractivity contribution in [1.82, 2.24) is 14.8 Å². The molecule has 3 rings (SSSR count). The lowest BCUT2D eigenvalue weighted by Crippen LogP contribution is -2.22. The fraction of sp³-hybridized carbons (Fsp3) is 0.500. The van der Waals surface area contributed by atoms with Gasteiger partial charge in [-0.25, -0.2) is 0 Å². The molecule has 1 aromatic carbocycles. The molecule has 20 heavy (non-hydrogen) atoms. The first-order chi connectivity index (χ1) is 9.66. The van der Waals surface area contributed by atoms with E-state index in [0.717, 1.165) is 16.2 Å². The predicted molar refractivity (Wildman–Crippen MR) is 84.3 cm³/mol. The molecule has 1 N–H and O–H groups in total. The number of aryl methyl sites for hydroxylation is 1. The van der Waals surface area contributed by atoms with Crippen LogP contribution in [0.15, 0.2) is 24.3 Å². The fourth-order valence-corrected chi connectivity index (χ4v) is 3.55. The lowest BCUT2D eigenvalue weighted by atomic mass is 9.85. The summed E-state index contributed by atoms with van der Waals surface area (Å²) in [6.07, 6.45) is 5.11. The fourth-order valence-electron chi connectivity index (χ4n) is 3.28. The maximum absolute atomic E-state index is 5.48. The summed E-state index contributed by atoms with van der Waals surface area (Å²) in [6, 6.07) is 8.96. The molecule has 4 heteroatoms. The van der Waals surface area contributed by atoms with Crippen molar-refractivity contribution in [1.29, 1.82) is 0 Å². The van der Waals surface area contributed by atoms with E-state index in [9.17, 15) is 0 Å². The van der Waals surface area contributed by atoms with E-state index < -0.39 is 0 Å². The van der Waals surface area contributed by atoms with Crippen molar-refractivity contribution in [2.24, 2.45) is 5.92 Å². The van der Waals surface area contributed by atoms with Gasteiger partial charge in [0.1, 0.15) is 0 Å². The molecule has 2 atom stereocenters. The summed E-state index contributed by atoms with van der Waals surface area (Å²) < 4.78 is 2.99. The smallest absolute Gasteiger partial charge is 0.195 e. The van der Waals surface area contributed by atoms with Gasteiger partial charge in [0.25, 0.3) is 0 Å². The Morgan fingerprint density at radius 2 is 2.10 bits per heavy atom. The Labute approximate surface area is 125 Å². The lowest BCUT2D eigenvalue weighted by molar-refractivity contribution is 0.257. The monoisotopic (exact) mass is 287 g/mol. The Balaban J connectivity index is 2.07. The minimum Gasteiger partial charge on any atom is -0.297 e. The highest BCUT2D eigenvalue weighted by Gasteiger charge is 2.26. The van der Waals surface area contributed by atoms with E-state index in [0.29, 0.717) is 12.0 Å². The molecule has 1 aliphatic carbocycles. The van der Waals surface area contributed by atoms with E-state index in [4.69, 9.17) is 12.2 Å². The SMILES string of the molecule is Cc1cccc(-c2n[nH]c(=S)n2C2CCCCC2C)c1. The van der Waals surface area contributed by atoms with Gasteiger partial charge >= 0.3 is 0 Å². The second-order valence-electron chi connectivity index (χ2n) is 5.92. The number of aromatic nitrogens is 3. The number of benzene rings is 1. The first-order valence-corrected chi connectivity index (χ1v) is 7.81. The summed E-state index contributed by atoms with van der Waals surface area (Å²) in [4.78, 5) is 0. The molecule has 0 amide bonds. The zero-order valence-electron chi connectivity index (χ0n) is 12.1. The van der Waals surface area contributed by atoms with Gasteiger partial charge in [0.15, 0.2) is 10.6 Å². The third kappa shape index (κ3) is 2.44. The van der Waals surface area contributed by atoms with Crippen LogP contribution in [0.25, 0.3) is 11.4 Å². The van der Waals surface area contributed by atoms with Gasteiger partial charge < -0.3 is 0 Å². The molecule has 3 nitrogen and oxygen atoms in total. The topological polar surface area (TPSA) is 33.6 Å². The van der Waals surface area contributed by atoms with Crippen molar-refractivity contribution in [3.8, 4) is 11.4 Å². The second-order valence-corrected chi connectivity index (χ2v) is 6.31. The lowest BCUT2D eigenvalue weighted by Gasteiger charge is -2.30. The Hall–Kier alpha value is -1.42. The number of nitrogens with one attached hydrogen (secondary N) is 1. The number of hydrogen-bond acceptors (Lipinski definition) is 2. The molecule has 1 aliphatic rings. The maximum atomic E-state index is 5.48. The largest absolute Gasteiger partial charge is 0.297 e. The normalized spacial score (nSPS) is 22.9. The molecule has 2 aromatic rings. The summed E-state index contributed by atoms with van der Waals surface area (Å²) in [7, 11) is 0. The second kappa shape index (κ2) is 5.52. The highest BCUT2D eigenvalue weighted by molar-refractivity contribution is 7.71. The van der Waals surface area contributed by atoms with Crippen LogP contribution in [-0.4, -0.2) is 14.8 Å². The molecule has 2 unspecified atom stereocenters. The predicted octanol–water partition coefficient (Wildman–Crippen LogP) is 4.67. The van der Waals surface area contributed by atoms with Gasteiger partial charge in [0.05, 0.1) is 0 Å². The van der Waals surface area contributed by atoms with Crippen LogP contribution in [0, 0.1) is 17.6 Å². The highest BCUT2D eigenvalue weighted by Crippen LogP contribution is 2.36. The van der Waals surface area contributed by atoms with Crippen LogP contribution in [0.5, 0.6) is 0 Å². The molecule has 0 aliphatic heterocycles. The zero-order chi connectivity index (χ0) is 14.1. The molecule has 0 saturated heterocycles. The van der Waals surface area contributed by atoms with Crippen LogP contribution in [0.3, 0.4) is 0 Å². The summed E-state index contributed by atoms with van der Waals surface area (Å²) in [5.41, 5.74) is 2.40. The Bertz CT molecular complexity index is 656. The molecule has 0 bridgehead atoms. The van der Waals surface area contributed by atoms with Crippen LogP contribution in [0.4, 0.5) is 0 Å². The Morgan fingerprint density at radius 1 is 1.30 bits per heavy atom. The first kappa shape index (κ1) is 13.6. The van der Waals surface area contributed by atoms with Crippen molar-refractivity contribution < 1.29 is 0 Å². The van der Waals surface area contributed by atoms with Gasteiger partial charge in [0.2, 0.25) is 0 Å². The van der Waals surface area contributed by atoms with Crippen molar-refractivity contribution in [3.05, 3.63) is 34.6 Å². The molecule has 1 aromatic heterocycles. The zero-order valence-corrected chi connectivity index (χ0v) is 12.9. The molecule has 106 valence electrons. The average Bonchev–Trinajstić information content (AvgIpc) is 2.81. The van der Waals surface area contributed by atoms with Gasteiger partial charge in [-0.2, -0.15) is 5.10 Å². The van der Waals surface area contributed by atoms with Gasteiger partial charge in [-0.1, -0.05) is 43.5 Å². The highest BCUT2D eigenvalue weighted by atomic mass is 32.1. The third-order valence-corrected chi connectivity index (χ3v) is 4.67. The van der Waals surface area contributed by atoms with E-state index in [2.05, 4.69) is 52.9 Å². The van der Waals surface area contributed by atoms with Crippen molar-refractivity contribution in [2.75, 3.05) is 0 Å². The van der Waals surface area contributed by atoms with Crippen LogP contribution in [0.1, 0.15) is 44.2 Å². The number of nitrogens with zero attached hydrogens (tertiary/aromatic N) is 2. The van der Waals surface area contributed by atoms with E-state index >= 15 is 0 Å². The van der Waals surface area contributed by atoms with E-state index in [1.165, 1.54) is 31.2 Å². The van der Waals surface area contributed by atoms with Crippen LogP contribution in [0.2, 0.25) is 0 Å². The summed E-state index contributed by atoms with van der Waals surface area (Å²) in [5.74, 6) is 1.65. The van der Waals surface area contributed by atoms with Crippen molar-refractivity contribution >= 4 is 12.2 Å².